The lowest BCUT2D eigenvalue weighted by molar-refractivity contribution is 0.134. The lowest BCUT2D eigenvalue weighted by Gasteiger charge is -2.27. The van der Waals surface area contributed by atoms with Gasteiger partial charge < -0.3 is 5.11 Å². The number of benzene rings is 1. The van der Waals surface area contributed by atoms with Crippen molar-refractivity contribution in [2.75, 3.05) is 0 Å². The van der Waals surface area contributed by atoms with Gasteiger partial charge in [0.1, 0.15) is 0 Å². The van der Waals surface area contributed by atoms with Gasteiger partial charge in [-0.15, -0.1) is 0 Å². The van der Waals surface area contributed by atoms with Gasteiger partial charge in [0, 0.05) is 0 Å². The predicted octanol–water partition coefficient (Wildman–Crippen LogP) is 2.55. The van der Waals surface area contributed by atoms with Crippen LogP contribution in [0.25, 0.3) is 0 Å². The Hall–Kier alpha value is -0.710. The number of aliphatic hydroxyl groups is 1. The predicted molar refractivity (Wildman–Crippen MR) is 76.5 cm³/mol. The summed E-state index contributed by atoms with van der Waals surface area (Å²) in [6.45, 7) is 7.66. The van der Waals surface area contributed by atoms with Crippen LogP contribution in [0.2, 0.25) is 0 Å². The number of hydrogen-bond donors (Lipinski definition) is 2. The van der Waals surface area contributed by atoms with E-state index in [1.165, 1.54) is 0 Å². The summed E-state index contributed by atoms with van der Waals surface area (Å²) in [5, 5.41) is 10.1. The lowest BCUT2D eigenvalue weighted by Crippen LogP contribution is -2.40. The molecule has 0 saturated heterocycles. The van der Waals surface area contributed by atoms with Crippen molar-refractivity contribution in [3.63, 3.8) is 0 Å². The standard InChI is InChI=1S/C14H23NO2S/c1-5-12(16)13(11-9-7-6-8-10-11)15-18(17)14(2,3)4/h6-10,12-13,15-16H,5H2,1-4H3/t12-,13+,18?/m1/s1. The fourth-order valence-electron chi connectivity index (χ4n) is 1.56. The molecule has 0 saturated carbocycles. The summed E-state index contributed by atoms with van der Waals surface area (Å²) in [6, 6.07) is 9.36. The van der Waals surface area contributed by atoms with Gasteiger partial charge in [-0.2, -0.15) is 0 Å². The molecule has 3 atom stereocenters. The van der Waals surface area contributed by atoms with E-state index in [0.717, 1.165) is 5.56 Å². The van der Waals surface area contributed by atoms with Crippen LogP contribution in [-0.4, -0.2) is 20.2 Å². The largest absolute Gasteiger partial charge is 0.391 e. The Morgan fingerprint density at radius 3 is 2.28 bits per heavy atom. The van der Waals surface area contributed by atoms with Gasteiger partial charge in [-0.05, 0) is 32.8 Å². The van der Waals surface area contributed by atoms with Crippen molar-refractivity contribution in [2.45, 2.75) is 51.0 Å². The van der Waals surface area contributed by atoms with E-state index in [4.69, 9.17) is 0 Å². The van der Waals surface area contributed by atoms with Crippen LogP contribution in [0.4, 0.5) is 0 Å². The van der Waals surface area contributed by atoms with Crippen molar-refractivity contribution in [3.8, 4) is 0 Å². The monoisotopic (exact) mass is 269 g/mol. The molecule has 0 fully saturated rings. The second-order valence-electron chi connectivity index (χ2n) is 5.36. The molecule has 0 aliphatic heterocycles. The topological polar surface area (TPSA) is 49.3 Å². The van der Waals surface area contributed by atoms with Crippen LogP contribution in [0.3, 0.4) is 0 Å². The molecule has 1 rings (SSSR count). The molecule has 2 N–H and O–H groups in total. The van der Waals surface area contributed by atoms with Gasteiger partial charge in [-0.1, -0.05) is 37.3 Å². The third-order valence-electron chi connectivity index (χ3n) is 2.75. The molecule has 0 aromatic heterocycles. The Morgan fingerprint density at radius 1 is 1.28 bits per heavy atom. The van der Waals surface area contributed by atoms with E-state index in [1.54, 1.807) is 0 Å². The van der Waals surface area contributed by atoms with Crippen LogP contribution in [-0.2, 0) is 11.0 Å². The molecular formula is C14H23NO2S. The van der Waals surface area contributed by atoms with Crippen molar-refractivity contribution in [1.29, 1.82) is 0 Å². The van der Waals surface area contributed by atoms with Gasteiger partial charge in [0.25, 0.3) is 0 Å². The number of nitrogens with one attached hydrogen (secondary N) is 1. The smallest absolute Gasteiger partial charge is 0.0976 e. The molecule has 102 valence electrons. The van der Waals surface area contributed by atoms with Gasteiger partial charge >= 0.3 is 0 Å². The summed E-state index contributed by atoms with van der Waals surface area (Å²) in [6.07, 6.45) is 0.0761. The molecule has 0 spiro atoms. The van der Waals surface area contributed by atoms with Gasteiger partial charge in [0.15, 0.2) is 0 Å². The fourth-order valence-corrected chi connectivity index (χ4v) is 2.43. The molecule has 0 bridgehead atoms. The first kappa shape index (κ1) is 15.3. The molecule has 18 heavy (non-hydrogen) atoms. The van der Waals surface area contributed by atoms with Crippen LogP contribution in [0.1, 0.15) is 45.7 Å². The average molecular weight is 269 g/mol. The molecule has 4 heteroatoms. The lowest BCUT2D eigenvalue weighted by atomic mass is 10.0. The quantitative estimate of drug-likeness (QED) is 0.863. The van der Waals surface area contributed by atoms with E-state index in [9.17, 15) is 9.32 Å². The van der Waals surface area contributed by atoms with E-state index >= 15 is 0 Å². The second-order valence-corrected chi connectivity index (χ2v) is 7.36. The van der Waals surface area contributed by atoms with E-state index in [1.807, 2.05) is 58.0 Å². The summed E-state index contributed by atoms with van der Waals surface area (Å²) in [5.74, 6) is 0. The minimum absolute atomic E-state index is 0.295. The Balaban J connectivity index is 2.91. The molecule has 0 amide bonds. The Kier molecular flexibility index (Phi) is 5.50. The van der Waals surface area contributed by atoms with Crippen LogP contribution in [0, 0.1) is 0 Å². The maximum absolute atomic E-state index is 12.2. The number of rotatable bonds is 5. The van der Waals surface area contributed by atoms with Crippen molar-refractivity contribution in [2.24, 2.45) is 0 Å². The number of aliphatic hydroxyl groups excluding tert-OH is 1. The zero-order valence-corrected chi connectivity index (χ0v) is 12.3. The van der Waals surface area contributed by atoms with Crippen LogP contribution in [0.5, 0.6) is 0 Å². The zero-order chi connectivity index (χ0) is 13.8. The molecule has 1 unspecified atom stereocenters. The van der Waals surface area contributed by atoms with E-state index in [2.05, 4.69) is 4.72 Å². The molecule has 0 radical (unpaired) electrons. The van der Waals surface area contributed by atoms with Crippen molar-refractivity contribution < 1.29 is 9.32 Å². The molecule has 1 aromatic carbocycles. The van der Waals surface area contributed by atoms with Crippen molar-refractivity contribution >= 4 is 11.0 Å². The highest BCUT2D eigenvalue weighted by Crippen LogP contribution is 2.21. The van der Waals surface area contributed by atoms with Crippen LogP contribution in [0.15, 0.2) is 30.3 Å². The van der Waals surface area contributed by atoms with Crippen LogP contribution >= 0.6 is 0 Å². The maximum Gasteiger partial charge on any atom is 0.0976 e. The molecule has 0 aliphatic carbocycles. The minimum atomic E-state index is -1.20. The summed E-state index contributed by atoms with van der Waals surface area (Å²) >= 11 is 0. The summed E-state index contributed by atoms with van der Waals surface area (Å²) in [5.41, 5.74) is 0.962. The Bertz CT molecular complexity index is 387. The molecule has 0 aliphatic rings. The normalized spacial score (nSPS) is 17.2. The third kappa shape index (κ3) is 4.19. The van der Waals surface area contributed by atoms with Crippen molar-refractivity contribution in [1.82, 2.24) is 4.72 Å². The van der Waals surface area contributed by atoms with Crippen LogP contribution < -0.4 is 4.72 Å². The van der Waals surface area contributed by atoms with E-state index in [0.29, 0.717) is 6.42 Å². The third-order valence-corrected chi connectivity index (χ3v) is 4.33. The highest BCUT2D eigenvalue weighted by Gasteiger charge is 2.27. The summed E-state index contributed by atoms with van der Waals surface area (Å²) in [7, 11) is -1.20. The first-order valence-corrected chi connectivity index (χ1v) is 7.42. The average Bonchev–Trinajstić information content (AvgIpc) is 2.34. The zero-order valence-electron chi connectivity index (χ0n) is 11.5. The number of hydrogen-bond acceptors (Lipinski definition) is 2. The van der Waals surface area contributed by atoms with E-state index < -0.39 is 17.1 Å². The maximum atomic E-state index is 12.2. The Morgan fingerprint density at radius 2 is 1.83 bits per heavy atom. The Labute approximate surface area is 112 Å². The molecule has 1 aromatic rings. The first-order valence-electron chi connectivity index (χ1n) is 6.27. The summed E-state index contributed by atoms with van der Waals surface area (Å²) in [4.78, 5) is 0. The van der Waals surface area contributed by atoms with Gasteiger partial charge in [-0.25, -0.2) is 8.93 Å². The second kappa shape index (κ2) is 6.45. The van der Waals surface area contributed by atoms with Gasteiger partial charge in [0.2, 0.25) is 0 Å². The molecule has 3 nitrogen and oxygen atoms in total. The highest BCUT2D eigenvalue weighted by atomic mass is 32.2. The minimum Gasteiger partial charge on any atom is -0.391 e. The molecule has 0 heterocycles. The van der Waals surface area contributed by atoms with Gasteiger partial charge in [-0.3, -0.25) is 0 Å². The van der Waals surface area contributed by atoms with E-state index in [-0.39, 0.29) is 10.8 Å². The highest BCUT2D eigenvalue weighted by molar-refractivity contribution is 7.84. The van der Waals surface area contributed by atoms with Crippen molar-refractivity contribution in [3.05, 3.63) is 35.9 Å². The summed E-state index contributed by atoms with van der Waals surface area (Å²) < 4.78 is 14.9. The first-order chi connectivity index (χ1) is 8.36. The molecular weight excluding hydrogens is 246 g/mol. The SMILES string of the molecule is CC[C@@H](O)[C@@H](NS(=O)C(C)(C)C)c1ccccc1. The fraction of sp³-hybridized carbons (Fsp3) is 0.571. The van der Waals surface area contributed by atoms with Gasteiger partial charge in [0.05, 0.1) is 27.9 Å².